The zero-order valence-corrected chi connectivity index (χ0v) is 17.6. The minimum atomic E-state index is -0.149. The molecule has 0 spiro atoms. The van der Waals surface area contributed by atoms with Gasteiger partial charge in [0.05, 0.1) is 28.1 Å². The van der Waals surface area contributed by atoms with Crippen molar-refractivity contribution in [3.8, 4) is 9.88 Å². The predicted molar refractivity (Wildman–Crippen MR) is 111 cm³/mol. The molecular formula is C19H16Cl2N2O2S2. The van der Waals surface area contributed by atoms with Crippen LogP contribution in [0.2, 0.25) is 9.36 Å². The Hall–Kier alpha value is -1.44. The molecule has 0 saturated carbocycles. The van der Waals surface area contributed by atoms with Crippen LogP contribution in [0.5, 0.6) is 0 Å². The van der Waals surface area contributed by atoms with Crippen LogP contribution < -0.4 is 0 Å². The molecule has 2 aromatic heterocycles. The number of thiophene rings is 1. The van der Waals surface area contributed by atoms with E-state index in [1.807, 2.05) is 48.2 Å². The maximum absolute atomic E-state index is 13.1. The van der Waals surface area contributed by atoms with Crippen LogP contribution in [0.4, 0.5) is 0 Å². The van der Waals surface area contributed by atoms with Gasteiger partial charge in [0.2, 0.25) is 0 Å². The van der Waals surface area contributed by atoms with Crippen LogP contribution in [0.1, 0.15) is 27.0 Å². The van der Waals surface area contributed by atoms with Gasteiger partial charge in [0.1, 0.15) is 16.0 Å². The van der Waals surface area contributed by atoms with Gasteiger partial charge in [-0.2, -0.15) is 0 Å². The van der Waals surface area contributed by atoms with E-state index < -0.39 is 0 Å². The second-order valence-corrected chi connectivity index (χ2v) is 9.35. The summed E-state index contributed by atoms with van der Waals surface area (Å²) in [5.74, 6) is 0.00108. The molecule has 3 heterocycles. The van der Waals surface area contributed by atoms with E-state index in [4.69, 9.17) is 27.9 Å². The number of benzene rings is 1. The maximum atomic E-state index is 13.1. The molecule has 0 radical (unpaired) electrons. The average Bonchev–Trinajstić information content (AvgIpc) is 3.27. The van der Waals surface area contributed by atoms with Crippen LogP contribution in [0.3, 0.4) is 0 Å². The summed E-state index contributed by atoms with van der Waals surface area (Å²) in [4.78, 5) is 21.2. The van der Waals surface area contributed by atoms with Crippen LogP contribution in [-0.2, 0) is 4.74 Å². The van der Waals surface area contributed by atoms with Gasteiger partial charge in [0.25, 0.3) is 5.91 Å². The smallest absolute Gasteiger partial charge is 0.266 e. The summed E-state index contributed by atoms with van der Waals surface area (Å²) in [5, 5.41) is 1.51. The summed E-state index contributed by atoms with van der Waals surface area (Å²) < 4.78 is 6.58. The first-order valence-electron chi connectivity index (χ1n) is 8.41. The van der Waals surface area contributed by atoms with E-state index in [-0.39, 0.29) is 12.0 Å². The second kappa shape index (κ2) is 7.89. The first-order chi connectivity index (χ1) is 13.0. The SMILES string of the molecule is Cc1nc(-c2ccc(Cl)s2)sc1C(=O)N1CCOC(c2ccc(Cl)cc2)C1. The predicted octanol–water partition coefficient (Wildman–Crippen LogP) is 5.70. The minimum Gasteiger partial charge on any atom is -0.370 e. The zero-order chi connectivity index (χ0) is 19.0. The number of rotatable bonds is 3. The Morgan fingerprint density at radius 3 is 2.67 bits per heavy atom. The van der Waals surface area contributed by atoms with Crippen molar-refractivity contribution < 1.29 is 9.53 Å². The van der Waals surface area contributed by atoms with E-state index in [1.165, 1.54) is 22.7 Å². The van der Waals surface area contributed by atoms with E-state index in [1.54, 1.807) is 0 Å². The number of ether oxygens (including phenoxy) is 1. The molecule has 4 rings (SSSR count). The number of carbonyl (C=O) groups excluding carboxylic acids is 1. The molecule has 0 aliphatic carbocycles. The van der Waals surface area contributed by atoms with Crippen LogP contribution >= 0.6 is 45.9 Å². The van der Waals surface area contributed by atoms with Crippen molar-refractivity contribution in [3.63, 3.8) is 0 Å². The number of amides is 1. The Morgan fingerprint density at radius 1 is 1.19 bits per heavy atom. The number of aryl methyl sites for hydroxylation is 1. The zero-order valence-electron chi connectivity index (χ0n) is 14.4. The number of aromatic nitrogens is 1. The molecule has 3 aromatic rings. The van der Waals surface area contributed by atoms with Gasteiger partial charge in [0, 0.05) is 11.6 Å². The molecule has 1 fully saturated rings. The Kier molecular flexibility index (Phi) is 5.53. The van der Waals surface area contributed by atoms with E-state index in [0.29, 0.717) is 33.9 Å². The third-order valence-corrected chi connectivity index (χ3v) is 7.17. The number of carbonyl (C=O) groups is 1. The Labute approximate surface area is 175 Å². The van der Waals surface area contributed by atoms with Gasteiger partial charge in [-0.15, -0.1) is 22.7 Å². The number of thiazole rings is 1. The lowest BCUT2D eigenvalue weighted by Crippen LogP contribution is -2.42. The summed E-state index contributed by atoms with van der Waals surface area (Å²) in [7, 11) is 0. The third kappa shape index (κ3) is 4.05. The van der Waals surface area contributed by atoms with Crippen LogP contribution in [-0.4, -0.2) is 35.5 Å². The number of hydrogen-bond acceptors (Lipinski definition) is 5. The molecule has 4 nitrogen and oxygen atoms in total. The maximum Gasteiger partial charge on any atom is 0.266 e. The van der Waals surface area contributed by atoms with E-state index in [9.17, 15) is 4.79 Å². The lowest BCUT2D eigenvalue weighted by molar-refractivity contribution is -0.0226. The molecule has 1 amide bonds. The number of morpholine rings is 1. The third-order valence-electron chi connectivity index (χ3n) is 4.37. The van der Waals surface area contributed by atoms with Crippen LogP contribution in [0.15, 0.2) is 36.4 Å². The molecule has 1 unspecified atom stereocenters. The number of halogens is 2. The number of hydrogen-bond donors (Lipinski definition) is 0. The van der Waals surface area contributed by atoms with Crippen molar-refractivity contribution in [3.05, 3.63) is 61.9 Å². The van der Waals surface area contributed by atoms with Crippen molar-refractivity contribution in [2.24, 2.45) is 0 Å². The van der Waals surface area contributed by atoms with Gasteiger partial charge in [-0.3, -0.25) is 4.79 Å². The van der Waals surface area contributed by atoms with E-state index in [2.05, 4.69) is 4.98 Å². The Balaban J connectivity index is 1.54. The lowest BCUT2D eigenvalue weighted by Gasteiger charge is -2.33. The lowest BCUT2D eigenvalue weighted by atomic mass is 10.1. The molecule has 8 heteroatoms. The van der Waals surface area contributed by atoms with Gasteiger partial charge in [-0.05, 0) is 36.8 Å². The first kappa shape index (κ1) is 18.9. The van der Waals surface area contributed by atoms with Gasteiger partial charge in [-0.1, -0.05) is 35.3 Å². The van der Waals surface area contributed by atoms with Crippen molar-refractivity contribution in [1.82, 2.24) is 9.88 Å². The minimum absolute atomic E-state index is 0.00108. The first-order valence-corrected chi connectivity index (χ1v) is 10.8. The standard InChI is InChI=1S/C19H16Cl2N2O2S2/c1-11-17(27-18(22-11)15-6-7-16(21)26-15)19(24)23-8-9-25-14(10-23)12-2-4-13(20)5-3-12/h2-7,14H,8-10H2,1H3. The monoisotopic (exact) mass is 438 g/mol. The van der Waals surface area contributed by atoms with Crippen molar-refractivity contribution >= 4 is 51.8 Å². The second-order valence-electron chi connectivity index (χ2n) is 6.20. The molecule has 1 aliphatic rings. The van der Waals surface area contributed by atoms with Gasteiger partial charge < -0.3 is 9.64 Å². The molecule has 1 saturated heterocycles. The normalized spacial score (nSPS) is 17.3. The topological polar surface area (TPSA) is 42.4 Å². The Bertz CT molecular complexity index is 969. The highest BCUT2D eigenvalue weighted by atomic mass is 35.5. The molecular weight excluding hydrogens is 423 g/mol. The summed E-state index contributed by atoms with van der Waals surface area (Å²) in [5.41, 5.74) is 1.77. The largest absolute Gasteiger partial charge is 0.370 e. The van der Waals surface area contributed by atoms with Crippen molar-refractivity contribution in [2.75, 3.05) is 19.7 Å². The molecule has 0 N–H and O–H groups in total. The highest BCUT2D eigenvalue weighted by Crippen LogP contribution is 2.35. The molecule has 1 aliphatic heterocycles. The molecule has 27 heavy (non-hydrogen) atoms. The highest BCUT2D eigenvalue weighted by Gasteiger charge is 2.28. The van der Waals surface area contributed by atoms with Crippen LogP contribution in [0, 0.1) is 6.92 Å². The quantitative estimate of drug-likeness (QED) is 0.526. The fraction of sp³-hybridized carbons (Fsp3) is 0.263. The summed E-state index contributed by atoms with van der Waals surface area (Å²) in [6, 6.07) is 11.3. The van der Waals surface area contributed by atoms with E-state index in [0.717, 1.165) is 21.1 Å². The van der Waals surface area contributed by atoms with Crippen molar-refractivity contribution in [1.29, 1.82) is 0 Å². The van der Waals surface area contributed by atoms with Gasteiger partial charge >= 0.3 is 0 Å². The molecule has 140 valence electrons. The summed E-state index contributed by atoms with van der Waals surface area (Å²) in [6.45, 7) is 3.46. The summed E-state index contributed by atoms with van der Waals surface area (Å²) >= 11 is 14.9. The average molecular weight is 439 g/mol. The van der Waals surface area contributed by atoms with E-state index >= 15 is 0 Å². The van der Waals surface area contributed by atoms with Crippen molar-refractivity contribution in [2.45, 2.75) is 13.0 Å². The molecule has 0 bridgehead atoms. The number of nitrogens with zero attached hydrogens (tertiary/aromatic N) is 2. The van der Waals surface area contributed by atoms with Crippen LogP contribution in [0.25, 0.3) is 9.88 Å². The molecule has 1 atom stereocenters. The molecule has 1 aromatic carbocycles. The summed E-state index contributed by atoms with van der Waals surface area (Å²) in [6.07, 6.45) is -0.149. The fourth-order valence-corrected chi connectivity index (χ4v) is 5.24. The van der Waals surface area contributed by atoms with Gasteiger partial charge in [0.15, 0.2) is 0 Å². The fourth-order valence-electron chi connectivity index (χ4n) is 2.99. The highest BCUT2D eigenvalue weighted by molar-refractivity contribution is 7.24. The Morgan fingerprint density at radius 2 is 1.96 bits per heavy atom. The van der Waals surface area contributed by atoms with Gasteiger partial charge in [-0.25, -0.2) is 4.98 Å².